The molecular formula is C21H20N4. The largest absolute Gasteiger partial charge is 0.334 e. The first-order chi connectivity index (χ1) is 12.3. The van der Waals surface area contributed by atoms with Gasteiger partial charge in [-0.3, -0.25) is 0 Å². The lowest BCUT2D eigenvalue weighted by molar-refractivity contribution is 0.743. The SMILES string of the molecule is Cn1cnc2cc(Cn3cnc(-c4ccccc4)c3C3CC3)ccc21. The average Bonchev–Trinajstić information content (AvgIpc) is 3.30. The maximum Gasteiger partial charge on any atom is 0.0959 e. The summed E-state index contributed by atoms with van der Waals surface area (Å²) in [5.41, 5.74) is 7.22. The molecule has 124 valence electrons. The number of rotatable bonds is 4. The van der Waals surface area contributed by atoms with Crippen LogP contribution in [0.15, 0.2) is 61.2 Å². The summed E-state index contributed by atoms with van der Waals surface area (Å²) in [4.78, 5) is 9.23. The maximum absolute atomic E-state index is 4.75. The van der Waals surface area contributed by atoms with Gasteiger partial charge in [-0.1, -0.05) is 36.4 Å². The van der Waals surface area contributed by atoms with Crippen LogP contribution in [0, 0.1) is 0 Å². The van der Waals surface area contributed by atoms with Crippen molar-refractivity contribution in [1.29, 1.82) is 0 Å². The molecule has 0 saturated heterocycles. The summed E-state index contributed by atoms with van der Waals surface area (Å²) in [7, 11) is 2.03. The van der Waals surface area contributed by atoms with E-state index in [1.54, 1.807) is 0 Å². The Labute approximate surface area is 146 Å². The fourth-order valence-electron chi connectivity index (χ4n) is 3.60. The molecule has 0 bridgehead atoms. The molecule has 0 N–H and O–H groups in total. The van der Waals surface area contributed by atoms with E-state index >= 15 is 0 Å². The summed E-state index contributed by atoms with van der Waals surface area (Å²) in [6.45, 7) is 0.845. The molecule has 4 nitrogen and oxygen atoms in total. The van der Waals surface area contributed by atoms with Crippen LogP contribution in [0.5, 0.6) is 0 Å². The molecule has 0 aliphatic heterocycles. The number of aromatic nitrogens is 4. The zero-order valence-corrected chi connectivity index (χ0v) is 14.3. The van der Waals surface area contributed by atoms with Gasteiger partial charge in [0.15, 0.2) is 0 Å². The predicted molar refractivity (Wildman–Crippen MR) is 99.5 cm³/mol. The lowest BCUT2D eigenvalue weighted by atomic mass is 10.1. The zero-order valence-electron chi connectivity index (χ0n) is 14.3. The summed E-state index contributed by atoms with van der Waals surface area (Å²) in [6, 6.07) is 17.1. The van der Waals surface area contributed by atoms with Gasteiger partial charge in [-0.05, 0) is 30.5 Å². The van der Waals surface area contributed by atoms with Gasteiger partial charge in [0.1, 0.15) is 0 Å². The Morgan fingerprint density at radius 2 is 1.84 bits per heavy atom. The topological polar surface area (TPSA) is 35.6 Å². The molecule has 1 aliphatic carbocycles. The van der Waals surface area contributed by atoms with E-state index in [2.05, 4.69) is 62.6 Å². The Kier molecular flexibility index (Phi) is 3.23. The highest BCUT2D eigenvalue weighted by Gasteiger charge is 2.30. The van der Waals surface area contributed by atoms with Crippen molar-refractivity contribution < 1.29 is 0 Å². The van der Waals surface area contributed by atoms with Gasteiger partial charge in [0.25, 0.3) is 0 Å². The second-order valence-electron chi connectivity index (χ2n) is 6.93. The van der Waals surface area contributed by atoms with Crippen LogP contribution < -0.4 is 0 Å². The van der Waals surface area contributed by atoms with Gasteiger partial charge in [-0.25, -0.2) is 9.97 Å². The first kappa shape index (κ1) is 14.5. The van der Waals surface area contributed by atoms with E-state index < -0.39 is 0 Å². The van der Waals surface area contributed by atoms with Crippen LogP contribution in [0.2, 0.25) is 0 Å². The summed E-state index contributed by atoms with van der Waals surface area (Å²) in [5.74, 6) is 0.649. The van der Waals surface area contributed by atoms with Crippen LogP contribution in [-0.2, 0) is 13.6 Å². The van der Waals surface area contributed by atoms with Crippen molar-refractivity contribution in [2.24, 2.45) is 7.05 Å². The summed E-state index contributed by atoms with van der Waals surface area (Å²) >= 11 is 0. The summed E-state index contributed by atoms with van der Waals surface area (Å²) in [5, 5.41) is 0. The molecule has 0 amide bonds. The third-order valence-electron chi connectivity index (χ3n) is 5.03. The third kappa shape index (κ3) is 2.54. The first-order valence-electron chi connectivity index (χ1n) is 8.80. The predicted octanol–water partition coefficient (Wildman–Crippen LogP) is 4.36. The fourth-order valence-corrected chi connectivity index (χ4v) is 3.60. The van der Waals surface area contributed by atoms with E-state index in [0.29, 0.717) is 5.92 Å². The van der Waals surface area contributed by atoms with Crippen LogP contribution >= 0.6 is 0 Å². The van der Waals surface area contributed by atoms with Gasteiger partial charge in [-0.2, -0.15) is 0 Å². The van der Waals surface area contributed by atoms with Crippen LogP contribution in [-0.4, -0.2) is 19.1 Å². The van der Waals surface area contributed by atoms with E-state index in [1.165, 1.54) is 35.2 Å². The highest BCUT2D eigenvalue weighted by molar-refractivity contribution is 5.76. The Hall–Kier alpha value is -2.88. The summed E-state index contributed by atoms with van der Waals surface area (Å²) in [6.07, 6.45) is 6.41. The lowest BCUT2D eigenvalue weighted by Crippen LogP contribution is -2.03. The highest BCUT2D eigenvalue weighted by atomic mass is 15.1. The molecule has 2 aromatic heterocycles. The standard InChI is InChI=1S/C21H20N4/c1-24-13-22-18-11-15(7-10-19(18)24)12-25-14-23-20(21(25)17-8-9-17)16-5-3-2-4-6-16/h2-7,10-11,13-14,17H,8-9,12H2,1H3. The van der Waals surface area contributed by atoms with Crippen molar-refractivity contribution in [2.75, 3.05) is 0 Å². The molecule has 0 spiro atoms. The van der Waals surface area contributed by atoms with Gasteiger partial charge in [-0.15, -0.1) is 0 Å². The van der Waals surface area contributed by atoms with Gasteiger partial charge >= 0.3 is 0 Å². The van der Waals surface area contributed by atoms with Crippen molar-refractivity contribution in [3.05, 3.63) is 72.4 Å². The number of hydrogen-bond donors (Lipinski definition) is 0. The molecule has 25 heavy (non-hydrogen) atoms. The van der Waals surface area contributed by atoms with Crippen molar-refractivity contribution >= 4 is 11.0 Å². The number of nitrogens with zero attached hydrogens (tertiary/aromatic N) is 4. The smallest absolute Gasteiger partial charge is 0.0959 e. The van der Waals surface area contributed by atoms with E-state index in [9.17, 15) is 0 Å². The Bertz CT molecular complexity index is 1040. The van der Waals surface area contributed by atoms with Crippen molar-refractivity contribution in [3.63, 3.8) is 0 Å². The molecule has 2 aromatic carbocycles. The zero-order chi connectivity index (χ0) is 16.8. The van der Waals surface area contributed by atoms with E-state index in [-0.39, 0.29) is 0 Å². The normalized spacial score (nSPS) is 14.3. The fraction of sp³-hybridized carbons (Fsp3) is 0.238. The molecule has 2 heterocycles. The van der Waals surface area contributed by atoms with E-state index in [4.69, 9.17) is 4.98 Å². The van der Waals surface area contributed by atoms with E-state index in [1.807, 2.05) is 19.7 Å². The lowest BCUT2D eigenvalue weighted by Gasteiger charge is -2.10. The second kappa shape index (κ2) is 5.59. The Morgan fingerprint density at radius 1 is 1.00 bits per heavy atom. The Balaban J connectivity index is 1.54. The number of aryl methyl sites for hydroxylation is 1. The van der Waals surface area contributed by atoms with Gasteiger partial charge < -0.3 is 9.13 Å². The van der Waals surface area contributed by atoms with Crippen molar-refractivity contribution in [2.45, 2.75) is 25.3 Å². The quantitative estimate of drug-likeness (QED) is 0.558. The average molecular weight is 328 g/mol. The molecule has 5 rings (SSSR count). The van der Waals surface area contributed by atoms with Crippen LogP contribution in [0.3, 0.4) is 0 Å². The minimum Gasteiger partial charge on any atom is -0.334 e. The van der Waals surface area contributed by atoms with Gasteiger partial charge in [0.05, 0.1) is 29.4 Å². The molecule has 1 saturated carbocycles. The maximum atomic E-state index is 4.75. The highest BCUT2D eigenvalue weighted by Crippen LogP contribution is 2.44. The Morgan fingerprint density at radius 3 is 2.64 bits per heavy atom. The molecule has 0 unspecified atom stereocenters. The van der Waals surface area contributed by atoms with Crippen LogP contribution in [0.4, 0.5) is 0 Å². The molecule has 0 radical (unpaired) electrons. The number of hydrogen-bond acceptors (Lipinski definition) is 2. The van der Waals surface area contributed by atoms with Crippen molar-refractivity contribution in [3.8, 4) is 11.3 Å². The minimum atomic E-state index is 0.649. The molecular weight excluding hydrogens is 308 g/mol. The molecule has 4 aromatic rings. The third-order valence-corrected chi connectivity index (χ3v) is 5.03. The molecule has 1 aliphatic rings. The van der Waals surface area contributed by atoms with Crippen molar-refractivity contribution in [1.82, 2.24) is 19.1 Å². The molecule has 1 fully saturated rings. The minimum absolute atomic E-state index is 0.649. The number of fused-ring (bicyclic) bond motifs is 1. The van der Waals surface area contributed by atoms with Crippen LogP contribution in [0.1, 0.15) is 30.0 Å². The monoisotopic (exact) mass is 328 g/mol. The first-order valence-corrected chi connectivity index (χ1v) is 8.80. The second-order valence-corrected chi connectivity index (χ2v) is 6.93. The summed E-state index contributed by atoms with van der Waals surface area (Å²) < 4.78 is 4.38. The molecule has 4 heteroatoms. The van der Waals surface area contributed by atoms with Gasteiger partial charge in [0, 0.05) is 30.8 Å². The van der Waals surface area contributed by atoms with Gasteiger partial charge in [0.2, 0.25) is 0 Å². The molecule has 0 atom stereocenters. The van der Waals surface area contributed by atoms with E-state index in [0.717, 1.165) is 17.8 Å². The number of benzene rings is 2. The van der Waals surface area contributed by atoms with Crippen LogP contribution in [0.25, 0.3) is 22.3 Å². The number of imidazole rings is 2.